The van der Waals surface area contributed by atoms with Crippen molar-refractivity contribution in [2.45, 2.75) is 45.6 Å². The van der Waals surface area contributed by atoms with Gasteiger partial charge in [0.05, 0.1) is 6.10 Å². The van der Waals surface area contributed by atoms with Gasteiger partial charge in [0.1, 0.15) is 0 Å². The van der Waals surface area contributed by atoms with Gasteiger partial charge in [0.15, 0.2) is 0 Å². The molecule has 0 radical (unpaired) electrons. The van der Waals surface area contributed by atoms with Gasteiger partial charge in [-0.05, 0) is 23.5 Å². The Kier molecular flexibility index (Phi) is 4.36. The van der Waals surface area contributed by atoms with Crippen LogP contribution < -0.4 is 5.32 Å². The van der Waals surface area contributed by atoms with Crippen LogP contribution in [0.2, 0.25) is 0 Å². The van der Waals surface area contributed by atoms with Crippen LogP contribution >= 0.6 is 0 Å². The standard InChI is InChI=1S/C14H23NO/c1-5-11(16)10-15-13-9-7-6-8-12(13)14(2,3)4/h6-9,11,15-16H,5,10H2,1-4H3. The molecule has 1 aromatic carbocycles. The summed E-state index contributed by atoms with van der Waals surface area (Å²) in [5.74, 6) is 0. The predicted octanol–water partition coefficient (Wildman–Crippen LogP) is 3.17. The molecule has 1 aromatic rings. The minimum atomic E-state index is -0.270. The number of rotatable bonds is 4. The van der Waals surface area contributed by atoms with Crippen LogP contribution in [0.4, 0.5) is 5.69 Å². The zero-order chi connectivity index (χ0) is 12.2. The molecule has 0 aliphatic rings. The zero-order valence-corrected chi connectivity index (χ0v) is 10.7. The van der Waals surface area contributed by atoms with E-state index in [1.54, 1.807) is 0 Å². The highest BCUT2D eigenvalue weighted by Crippen LogP contribution is 2.29. The molecule has 1 atom stereocenters. The number of hydrogen-bond donors (Lipinski definition) is 2. The van der Waals surface area contributed by atoms with E-state index in [1.807, 2.05) is 13.0 Å². The third-order valence-electron chi connectivity index (χ3n) is 2.73. The molecule has 0 bridgehead atoms. The Balaban J connectivity index is 2.80. The molecule has 0 aromatic heterocycles. The largest absolute Gasteiger partial charge is 0.391 e. The molecule has 0 heterocycles. The molecule has 2 N–H and O–H groups in total. The lowest BCUT2D eigenvalue weighted by Crippen LogP contribution is -2.21. The Hall–Kier alpha value is -1.02. The highest BCUT2D eigenvalue weighted by Gasteiger charge is 2.17. The van der Waals surface area contributed by atoms with Gasteiger partial charge >= 0.3 is 0 Å². The maximum atomic E-state index is 9.55. The quantitative estimate of drug-likeness (QED) is 0.818. The summed E-state index contributed by atoms with van der Waals surface area (Å²) in [5.41, 5.74) is 2.54. The fraction of sp³-hybridized carbons (Fsp3) is 0.571. The normalized spacial score (nSPS) is 13.6. The van der Waals surface area contributed by atoms with Crippen molar-refractivity contribution in [3.63, 3.8) is 0 Å². The highest BCUT2D eigenvalue weighted by atomic mass is 16.3. The Labute approximate surface area is 98.7 Å². The van der Waals surface area contributed by atoms with Crippen molar-refractivity contribution >= 4 is 5.69 Å². The Morgan fingerprint density at radius 1 is 1.25 bits per heavy atom. The van der Waals surface area contributed by atoms with E-state index in [4.69, 9.17) is 0 Å². The van der Waals surface area contributed by atoms with E-state index >= 15 is 0 Å². The van der Waals surface area contributed by atoms with Crippen LogP contribution in [0.15, 0.2) is 24.3 Å². The van der Waals surface area contributed by atoms with Gasteiger partial charge in [-0.25, -0.2) is 0 Å². The summed E-state index contributed by atoms with van der Waals surface area (Å²) in [7, 11) is 0. The number of para-hydroxylation sites is 1. The Morgan fingerprint density at radius 2 is 1.88 bits per heavy atom. The smallest absolute Gasteiger partial charge is 0.0709 e. The first kappa shape index (κ1) is 13.0. The average Bonchev–Trinajstić information content (AvgIpc) is 2.25. The summed E-state index contributed by atoms with van der Waals surface area (Å²) in [4.78, 5) is 0. The molecule has 0 saturated heterocycles. The lowest BCUT2D eigenvalue weighted by molar-refractivity contribution is 0.183. The molecule has 1 rings (SSSR count). The molecular formula is C14H23NO. The molecule has 0 spiro atoms. The molecule has 2 heteroatoms. The van der Waals surface area contributed by atoms with Crippen molar-refractivity contribution in [2.75, 3.05) is 11.9 Å². The molecule has 0 amide bonds. The van der Waals surface area contributed by atoms with E-state index in [0.717, 1.165) is 12.1 Å². The molecule has 1 unspecified atom stereocenters. The second-order valence-electron chi connectivity index (χ2n) is 5.24. The first-order chi connectivity index (χ1) is 7.45. The number of aliphatic hydroxyl groups is 1. The van der Waals surface area contributed by atoms with Gasteiger partial charge in [0.2, 0.25) is 0 Å². The van der Waals surface area contributed by atoms with E-state index in [1.165, 1.54) is 5.56 Å². The third-order valence-corrected chi connectivity index (χ3v) is 2.73. The Bertz CT molecular complexity index is 328. The number of aliphatic hydroxyl groups excluding tert-OH is 1. The summed E-state index contributed by atoms with van der Waals surface area (Å²) < 4.78 is 0. The van der Waals surface area contributed by atoms with Crippen molar-refractivity contribution in [3.8, 4) is 0 Å². The second kappa shape index (κ2) is 5.35. The highest BCUT2D eigenvalue weighted by molar-refractivity contribution is 5.54. The topological polar surface area (TPSA) is 32.3 Å². The van der Waals surface area contributed by atoms with Crippen molar-refractivity contribution in [1.29, 1.82) is 0 Å². The van der Waals surface area contributed by atoms with Gasteiger partial charge in [0.25, 0.3) is 0 Å². The predicted molar refractivity (Wildman–Crippen MR) is 69.9 cm³/mol. The summed E-state index contributed by atoms with van der Waals surface area (Å²) in [5, 5.41) is 12.9. The number of hydrogen-bond acceptors (Lipinski definition) is 2. The van der Waals surface area contributed by atoms with Crippen LogP contribution in [0.25, 0.3) is 0 Å². The fourth-order valence-electron chi connectivity index (χ4n) is 1.66. The third kappa shape index (κ3) is 3.53. The van der Waals surface area contributed by atoms with Crippen molar-refractivity contribution in [1.82, 2.24) is 0 Å². The minimum Gasteiger partial charge on any atom is -0.391 e. The maximum Gasteiger partial charge on any atom is 0.0709 e. The van der Waals surface area contributed by atoms with E-state index in [0.29, 0.717) is 6.54 Å². The first-order valence-corrected chi connectivity index (χ1v) is 5.96. The van der Waals surface area contributed by atoms with Gasteiger partial charge in [-0.15, -0.1) is 0 Å². The monoisotopic (exact) mass is 221 g/mol. The SMILES string of the molecule is CCC(O)CNc1ccccc1C(C)(C)C. The van der Waals surface area contributed by atoms with Crippen LogP contribution in [0.1, 0.15) is 39.7 Å². The van der Waals surface area contributed by atoms with Crippen LogP contribution in [-0.4, -0.2) is 17.8 Å². The molecule has 0 aliphatic carbocycles. The van der Waals surface area contributed by atoms with Crippen LogP contribution in [0.5, 0.6) is 0 Å². The first-order valence-electron chi connectivity index (χ1n) is 5.96. The van der Waals surface area contributed by atoms with E-state index in [9.17, 15) is 5.11 Å². The van der Waals surface area contributed by atoms with Crippen LogP contribution in [0.3, 0.4) is 0 Å². The van der Waals surface area contributed by atoms with E-state index in [-0.39, 0.29) is 11.5 Å². The summed E-state index contributed by atoms with van der Waals surface area (Å²) in [6.45, 7) is 9.20. The summed E-state index contributed by atoms with van der Waals surface area (Å²) in [6.07, 6.45) is 0.512. The van der Waals surface area contributed by atoms with Crippen LogP contribution in [0, 0.1) is 0 Å². The molecular weight excluding hydrogens is 198 g/mol. The van der Waals surface area contributed by atoms with Gasteiger partial charge in [0, 0.05) is 12.2 Å². The summed E-state index contributed by atoms with van der Waals surface area (Å²) in [6, 6.07) is 8.29. The van der Waals surface area contributed by atoms with E-state index in [2.05, 4.69) is 44.3 Å². The fourth-order valence-corrected chi connectivity index (χ4v) is 1.66. The molecule has 2 nitrogen and oxygen atoms in total. The second-order valence-corrected chi connectivity index (χ2v) is 5.24. The van der Waals surface area contributed by atoms with Crippen molar-refractivity contribution < 1.29 is 5.11 Å². The van der Waals surface area contributed by atoms with Crippen LogP contribution in [-0.2, 0) is 5.41 Å². The lowest BCUT2D eigenvalue weighted by atomic mass is 9.86. The Morgan fingerprint density at radius 3 is 2.44 bits per heavy atom. The maximum absolute atomic E-state index is 9.55. The number of benzene rings is 1. The minimum absolute atomic E-state index is 0.126. The molecule has 0 aliphatic heterocycles. The van der Waals surface area contributed by atoms with Gasteiger partial charge in [-0.3, -0.25) is 0 Å². The zero-order valence-electron chi connectivity index (χ0n) is 10.7. The number of nitrogens with one attached hydrogen (secondary N) is 1. The molecule has 90 valence electrons. The van der Waals surface area contributed by atoms with Gasteiger partial charge in [-0.1, -0.05) is 45.9 Å². The molecule has 0 fully saturated rings. The van der Waals surface area contributed by atoms with Gasteiger partial charge in [-0.2, -0.15) is 0 Å². The average molecular weight is 221 g/mol. The molecule has 16 heavy (non-hydrogen) atoms. The van der Waals surface area contributed by atoms with Crippen molar-refractivity contribution in [2.24, 2.45) is 0 Å². The lowest BCUT2D eigenvalue weighted by Gasteiger charge is -2.24. The van der Waals surface area contributed by atoms with Gasteiger partial charge < -0.3 is 10.4 Å². The summed E-state index contributed by atoms with van der Waals surface area (Å²) >= 11 is 0. The van der Waals surface area contributed by atoms with E-state index < -0.39 is 0 Å². The molecule has 0 saturated carbocycles. The van der Waals surface area contributed by atoms with Crippen molar-refractivity contribution in [3.05, 3.63) is 29.8 Å². The number of anilines is 1.